The van der Waals surface area contributed by atoms with Gasteiger partial charge in [-0.25, -0.2) is 0 Å². The average Bonchev–Trinajstić information content (AvgIpc) is 1.54. The van der Waals surface area contributed by atoms with Crippen LogP contribution in [0.2, 0.25) is 0 Å². The van der Waals surface area contributed by atoms with Gasteiger partial charge in [-0.2, -0.15) is 0 Å². The molecule has 0 heterocycles. The van der Waals surface area contributed by atoms with Gasteiger partial charge in [0.1, 0.15) is 0 Å². The molecule has 90 heavy (non-hydrogen) atoms. The molecule has 2 aliphatic rings. The van der Waals surface area contributed by atoms with Gasteiger partial charge < -0.3 is 10.6 Å². The van der Waals surface area contributed by atoms with E-state index in [0.29, 0.717) is 0 Å². The summed E-state index contributed by atoms with van der Waals surface area (Å²) in [5.74, 6) is 0. The highest BCUT2D eigenvalue weighted by Crippen LogP contribution is 2.60. The van der Waals surface area contributed by atoms with Crippen molar-refractivity contribution in [3.8, 4) is 55.6 Å². The first kappa shape index (κ1) is 60.4. The Labute approximate surface area is 533 Å². The van der Waals surface area contributed by atoms with Crippen LogP contribution in [0.5, 0.6) is 0 Å². The van der Waals surface area contributed by atoms with E-state index in [0.717, 1.165) is 39.5 Å². The average molecular weight is 1160 g/mol. The van der Waals surface area contributed by atoms with Gasteiger partial charge in [0, 0.05) is 22.7 Å². The molecule has 2 heteroatoms. The molecule has 11 aromatic carbocycles. The number of benzene rings is 11. The minimum Gasteiger partial charge on any atom is -0.356 e. The zero-order valence-corrected chi connectivity index (χ0v) is 51.4. The first-order valence-electron chi connectivity index (χ1n) is 30.7. The van der Waals surface area contributed by atoms with Crippen LogP contribution in [0, 0.1) is 0 Å². The molecular formula is C88H74N2. The Morgan fingerprint density at radius 1 is 0.344 bits per heavy atom. The third-order valence-electron chi connectivity index (χ3n) is 17.0. The fourth-order valence-corrected chi connectivity index (χ4v) is 13.3. The van der Waals surface area contributed by atoms with Crippen LogP contribution in [0.15, 0.2) is 366 Å². The van der Waals surface area contributed by atoms with Crippen molar-refractivity contribution in [2.75, 3.05) is 10.6 Å². The molecule has 2 atom stereocenters. The number of anilines is 4. The van der Waals surface area contributed by atoms with Crippen LogP contribution in [-0.2, 0) is 10.8 Å². The highest BCUT2D eigenvalue weighted by molar-refractivity contribution is 5.95. The van der Waals surface area contributed by atoms with Crippen LogP contribution in [0.4, 0.5) is 22.7 Å². The summed E-state index contributed by atoms with van der Waals surface area (Å²) in [6.07, 6.45) is 19.9. The summed E-state index contributed by atoms with van der Waals surface area (Å²) < 4.78 is 0. The quantitative estimate of drug-likeness (QED) is 0.0701. The Bertz CT molecular complexity index is 4500. The topological polar surface area (TPSA) is 24.1 Å². The zero-order chi connectivity index (χ0) is 62.5. The molecule has 436 valence electrons. The van der Waals surface area contributed by atoms with Crippen LogP contribution in [0.3, 0.4) is 0 Å². The number of hydrogen-bond donors (Lipinski definition) is 2. The maximum absolute atomic E-state index is 4.29. The van der Waals surface area contributed by atoms with E-state index in [1.54, 1.807) is 6.08 Å². The molecule has 0 aromatic heterocycles. The Kier molecular flexibility index (Phi) is 18.5. The van der Waals surface area contributed by atoms with E-state index in [2.05, 4.69) is 342 Å². The SMILES string of the molecule is C=C/C=C(\C=C)C1(c2ccccc2)c2cc(Nc3ccc(-c4ccccc4)cc3)ccc2-c2c1ccc(C=C)c2/C=C\C.C=C/C=C(\C=C)C1(c2ccccc2)c2ccccc2-c2ccc(Nc3ccc(-c4cccc(-c5ccccc5)c4)cc3)cc21.C=CC. The number of rotatable bonds is 17. The molecule has 0 saturated heterocycles. The van der Waals surface area contributed by atoms with Crippen molar-refractivity contribution < 1.29 is 0 Å². The second-order valence-electron chi connectivity index (χ2n) is 22.2. The van der Waals surface area contributed by atoms with Gasteiger partial charge >= 0.3 is 0 Å². The fraction of sp³-hybridized carbons (Fsp3) is 0.0455. The van der Waals surface area contributed by atoms with Crippen LogP contribution in [0.25, 0.3) is 67.8 Å². The van der Waals surface area contributed by atoms with E-state index in [4.69, 9.17) is 0 Å². The maximum atomic E-state index is 4.29. The van der Waals surface area contributed by atoms with Gasteiger partial charge in [-0.3, -0.25) is 0 Å². The highest BCUT2D eigenvalue weighted by atomic mass is 14.9. The Morgan fingerprint density at radius 3 is 1.23 bits per heavy atom. The van der Waals surface area contributed by atoms with Crippen molar-refractivity contribution in [2.24, 2.45) is 0 Å². The second kappa shape index (κ2) is 27.6. The summed E-state index contributed by atoms with van der Waals surface area (Å²) in [4.78, 5) is 0. The van der Waals surface area contributed by atoms with E-state index in [1.807, 2.05) is 43.4 Å². The van der Waals surface area contributed by atoms with Crippen LogP contribution in [0.1, 0.15) is 58.4 Å². The number of nitrogens with one attached hydrogen (secondary N) is 2. The van der Waals surface area contributed by atoms with Gasteiger partial charge in [0.2, 0.25) is 0 Å². The van der Waals surface area contributed by atoms with E-state index < -0.39 is 10.8 Å². The van der Waals surface area contributed by atoms with E-state index in [9.17, 15) is 0 Å². The summed E-state index contributed by atoms with van der Waals surface area (Å²) in [6.45, 7) is 28.1. The fourth-order valence-electron chi connectivity index (χ4n) is 13.3. The first-order valence-corrected chi connectivity index (χ1v) is 30.7. The third-order valence-corrected chi connectivity index (χ3v) is 17.0. The van der Waals surface area contributed by atoms with Crippen LogP contribution >= 0.6 is 0 Å². The molecule has 0 aliphatic heterocycles. The van der Waals surface area contributed by atoms with Crippen LogP contribution < -0.4 is 10.6 Å². The predicted octanol–water partition coefficient (Wildman–Crippen LogP) is 24.0. The molecule has 0 radical (unpaired) electrons. The zero-order valence-electron chi connectivity index (χ0n) is 51.4. The molecule has 0 amide bonds. The molecule has 2 nitrogen and oxygen atoms in total. The van der Waals surface area contributed by atoms with Gasteiger partial charge in [0.05, 0.1) is 10.8 Å². The lowest BCUT2D eigenvalue weighted by Gasteiger charge is -2.35. The normalized spacial score (nSPS) is 15.0. The van der Waals surface area contributed by atoms with Gasteiger partial charge in [0.25, 0.3) is 0 Å². The Hall–Kier alpha value is -11.3. The van der Waals surface area contributed by atoms with Crippen molar-refractivity contribution in [1.82, 2.24) is 0 Å². The molecule has 0 bridgehead atoms. The molecule has 2 unspecified atom stereocenters. The molecule has 0 fully saturated rings. The summed E-state index contributed by atoms with van der Waals surface area (Å²) in [5, 5.41) is 7.37. The number of allylic oxidation sites excluding steroid dienone is 10. The van der Waals surface area contributed by atoms with Gasteiger partial charge in [-0.05, 0) is 180 Å². The van der Waals surface area contributed by atoms with Gasteiger partial charge in [0.15, 0.2) is 0 Å². The predicted molar refractivity (Wildman–Crippen MR) is 390 cm³/mol. The molecule has 11 aromatic rings. The molecule has 0 saturated carbocycles. The van der Waals surface area contributed by atoms with E-state index in [1.165, 1.54) is 94.6 Å². The van der Waals surface area contributed by atoms with Gasteiger partial charge in [-0.15, -0.1) is 6.58 Å². The van der Waals surface area contributed by atoms with Crippen molar-refractivity contribution in [3.05, 3.63) is 411 Å². The smallest absolute Gasteiger partial charge is 0.0714 e. The molecule has 2 aliphatic carbocycles. The van der Waals surface area contributed by atoms with Crippen molar-refractivity contribution >= 4 is 34.9 Å². The lowest BCUT2D eigenvalue weighted by atomic mass is 9.66. The molecule has 2 N–H and O–H groups in total. The van der Waals surface area contributed by atoms with Crippen molar-refractivity contribution in [1.29, 1.82) is 0 Å². The summed E-state index contributed by atoms with van der Waals surface area (Å²) in [5.41, 5.74) is 27.0. The lowest BCUT2D eigenvalue weighted by molar-refractivity contribution is 0.767. The summed E-state index contributed by atoms with van der Waals surface area (Å²) >= 11 is 0. The van der Waals surface area contributed by atoms with Crippen LogP contribution in [-0.4, -0.2) is 0 Å². The minimum absolute atomic E-state index is 0.506. The van der Waals surface area contributed by atoms with E-state index >= 15 is 0 Å². The Morgan fingerprint density at radius 2 is 0.744 bits per heavy atom. The second-order valence-corrected chi connectivity index (χ2v) is 22.2. The minimum atomic E-state index is -0.577. The third kappa shape index (κ3) is 11.5. The standard InChI is InChI=1S/C43H33N.C42H35N.C3H6/c1-3-14-35(4-2)43(36-19-9-6-10-20-36)41-22-12-11-21-39(41)40-28-27-38(30-42(40)43)44-37-25-23-32(24-26-37)34-18-13-17-33(29-34)31-15-7-5-8-16-31;1-5-15-33(8-4)42(34-19-13-10-14-20-34)39-28-23-30(7-3)37(16-6-2)41(39)38-27-26-36(29-40(38)42)43-35-24-21-32(22-25-35)31-17-11-9-12-18-31;1-3-2/h3-30,44H,1-2H2;5-29,43H,1,3-4H2,2H3;3H,1H2,2H3/b35-14+;16-6-,33-15+;. The first-order chi connectivity index (χ1) is 44.3. The van der Waals surface area contributed by atoms with Crippen molar-refractivity contribution in [3.63, 3.8) is 0 Å². The maximum Gasteiger partial charge on any atom is 0.0714 e. The molecule has 0 spiro atoms. The monoisotopic (exact) mass is 1160 g/mol. The highest BCUT2D eigenvalue weighted by Gasteiger charge is 2.48. The van der Waals surface area contributed by atoms with Gasteiger partial charge in [-0.1, -0.05) is 306 Å². The lowest BCUT2D eigenvalue weighted by Crippen LogP contribution is -2.29. The molecule has 13 rings (SSSR count). The van der Waals surface area contributed by atoms with E-state index in [-0.39, 0.29) is 0 Å². The largest absolute Gasteiger partial charge is 0.356 e. The van der Waals surface area contributed by atoms with Crippen molar-refractivity contribution in [2.45, 2.75) is 24.7 Å². The number of hydrogen-bond acceptors (Lipinski definition) is 2. The summed E-state index contributed by atoms with van der Waals surface area (Å²) in [7, 11) is 0. The summed E-state index contributed by atoms with van der Waals surface area (Å²) in [6, 6.07) is 95.2. The Balaban J connectivity index is 0.000000178. The molecular weight excluding hydrogens is 1080 g/mol. The number of fused-ring (bicyclic) bond motifs is 6.